The highest BCUT2D eigenvalue weighted by Crippen LogP contribution is 2.33. The molecule has 22 heavy (non-hydrogen) atoms. The van der Waals surface area contributed by atoms with Crippen LogP contribution in [0.5, 0.6) is 5.75 Å². The number of phenolic OH excluding ortho intramolecular Hbond substituents is 1. The predicted octanol–water partition coefficient (Wildman–Crippen LogP) is 1.39. The van der Waals surface area contributed by atoms with Crippen molar-refractivity contribution < 1.29 is 32.9 Å². The lowest BCUT2D eigenvalue weighted by Crippen LogP contribution is -2.33. The summed E-state index contributed by atoms with van der Waals surface area (Å²) in [6, 6.07) is -0.556. The number of aromatic nitrogens is 1. The molecule has 0 radical (unpaired) electrons. The minimum absolute atomic E-state index is 0.0796. The maximum absolute atomic E-state index is 14.1. The van der Waals surface area contributed by atoms with Gasteiger partial charge in [-0.15, -0.1) is 0 Å². The van der Waals surface area contributed by atoms with E-state index in [1.165, 1.54) is 0 Å². The van der Waals surface area contributed by atoms with E-state index in [2.05, 4.69) is 0 Å². The van der Waals surface area contributed by atoms with Crippen LogP contribution in [0.25, 0.3) is 10.9 Å². The monoisotopic (exact) mass is 315 g/mol. The zero-order valence-corrected chi connectivity index (χ0v) is 10.8. The molecule has 0 aliphatic carbocycles. The highest BCUT2D eigenvalue weighted by atomic mass is 19.2. The molecule has 1 saturated heterocycles. The SMILES string of the molecule is O=C(O)c1cn(C2COC2)c2c(F)c(F)c(F)c(O)c2c1=O. The fourth-order valence-corrected chi connectivity index (χ4v) is 2.31. The van der Waals surface area contributed by atoms with Crippen LogP contribution < -0.4 is 5.43 Å². The Hall–Kier alpha value is -2.55. The van der Waals surface area contributed by atoms with Crippen molar-refractivity contribution in [3.63, 3.8) is 0 Å². The summed E-state index contributed by atoms with van der Waals surface area (Å²) in [7, 11) is 0. The number of rotatable bonds is 2. The summed E-state index contributed by atoms with van der Waals surface area (Å²) < 4.78 is 46.9. The van der Waals surface area contributed by atoms with Crippen molar-refractivity contribution in [2.45, 2.75) is 6.04 Å². The lowest BCUT2D eigenvalue weighted by molar-refractivity contribution is -0.0219. The average Bonchev–Trinajstić information content (AvgIpc) is 2.41. The number of aromatic hydroxyl groups is 1. The molecule has 3 rings (SSSR count). The number of carboxylic acids is 1. The maximum atomic E-state index is 14.1. The third-order valence-corrected chi connectivity index (χ3v) is 3.52. The number of carbonyl (C=O) groups is 1. The van der Waals surface area contributed by atoms with Crippen molar-refractivity contribution in [3.05, 3.63) is 39.4 Å². The molecule has 1 aliphatic heterocycles. The highest BCUT2D eigenvalue weighted by Gasteiger charge is 2.30. The molecule has 1 aliphatic rings. The molecule has 0 saturated carbocycles. The van der Waals surface area contributed by atoms with E-state index in [9.17, 15) is 27.9 Å². The molecule has 0 spiro atoms. The Morgan fingerprint density at radius 3 is 2.36 bits per heavy atom. The second-order valence-electron chi connectivity index (χ2n) is 4.79. The third kappa shape index (κ3) is 1.78. The van der Waals surface area contributed by atoms with Gasteiger partial charge in [0.2, 0.25) is 11.2 Å². The first-order chi connectivity index (χ1) is 10.3. The van der Waals surface area contributed by atoms with E-state index < -0.39 is 57.1 Å². The minimum Gasteiger partial charge on any atom is -0.504 e. The zero-order valence-electron chi connectivity index (χ0n) is 10.8. The molecule has 116 valence electrons. The molecular formula is C13H8F3NO5. The van der Waals surface area contributed by atoms with Gasteiger partial charge < -0.3 is 19.5 Å². The number of ether oxygens (including phenoxy) is 1. The Morgan fingerprint density at radius 2 is 1.86 bits per heavy atom. The van der Waals surface area contributed by atoms with E-state index in [0.29, 0.717) is 0 Å². The van der Waals surface area contributed by atoms with Gasteiger partial charge in [0, 0.05) is 6.20 Å². The second kappa shape index (κ2) is 4.73. The molecule has 2 N–H and O–H groups in total. The molecule has 0 atom stereocenters. The lowest BCUT2D eigenvalue weighted by atomic mass is 10.1. The molecule has 0 unspecified atom stereocenters. The summed E-state index contributed by atoms with van der Waals surface area (Å²) in [5.74, 6) is -8.62. The molecule has 1 aromatic carbocycles. The number of fused-ring (bicyclic) bond motifs is 1. The number of hydrogen-bond donors (Lipinski definition) is 2. The van der Waals surface area contributed by atoms with Crippen molar-refractivity contribution in [1.82, 2.24) is 4.57 Å². The normalized spacial score (nSPS) is 15.0. The van der Waals surface area contributed by atoms with Crippen LogP contribution in [0.15, 0.2) is 11.0 Å². The first kappa shape index (κ1) is 14.4. The van der Waals surface area contributed by atoms with Gasteiger partial charge in [0.05, 0.1) is 30.2 Å². The van der Waals surface area contributed by atoms with Crippen LogP contribution in [0, 0.1) is 17.5 Å². The topological polar surface area (TPSA) is 88.8 Å². The minimum atomic E-state index is -1.94. The van der Waals surface area contributed by atoms with Crippen molar-refractivity contribution >= 4 is 16.9 Å². The maximum Gasteiger partial charge on any atom is 0.341 e. The van der Waals surface area contributed by atoms with E-state index in [1.807, 2.05) is 0 Å². The molecule has 1 aromatic heterocycles. The molecule has 2 heterocycles. The predicted molar refractivity (Wildman–Crippen MR) is 66.6 cm³/mol. The number of phenols is 1. The Morgan fingerprint density at radius 1 is 1.23 bits per heavy atom. The summed E-state index contributed by atoms with van der Waals surface area (Å²) in [6.07, 6.45) is 0.833. The van der Waals surface area contributed by atoms with Gasteiger partial charge in [-0.3, -0.25) is 4.79 Å². The van der Waals surface area contributed by atoms with E-state index in [0.717, 1.165) is 10.8 Å². The van der Waals surface area contributed by atoms with Gasteiger partial charge in [-0.05, 0) is 0 Å². The van der Waals surface area contributed by atoms with Crippen LogP contribution in [0.4, 0.5) is 13.2 Å². The number of carboxylic acid groups (broad SMARTS) is 1. The van der Waals surface area contributed by atoms with Gasteiger partial charge in [-0.2, -0.15) is 4.39 Å². The smallest absolute Gasteiger partial charge is 0.341 e. The summed E-state index contributed by atoms with van der Waals surface area (Å²) in [6.45, 7) is 0.159. The van der Waals surface area contributed by atoms with Gasteiger partial charge in [0.15, 0.2) is 17.4 Å². The molecule has 1 fully saturated rings. The summed E-state index contributed by atoms with van der Waals surface area (Å²) in [5.41, 5.74) is -2.78. The van der Waals surface area contributed by atoms with Crippen LogP contribution in [0.3, 0.4) is 0 Å². The van der Waals surface area contributed by atoms with E-state index in [-0.39, 0.29) is 13.2 Å². The molecular weight excluding hydrogens is 307 g/mol. The largest absolute Gasteiger partial charge is 0.504 e. The number of hydrogen-bond acceptors (Lipinski definition) is 4. The second-order valence-corrected chi connectivity index (χ2v) is 4.79. The Balaban J connectivity index is 2.55. The van der Waals surface area contributed by atoms with Gasteiger partial charge in [0.25, 0.3) is 0 Å². The van der Waals surface area contributed by atoms with Crippen molar-refractivity contribution in [2.24, 2.45) is 0 Å². The van der Waals surface area contributed by atoms with Gasteiger partial charge in [0.1, 0.15) is 5.56 Å². The molecule has 9 heteroatoms. The van der Waals surface area contributed by atoms with Gasteiger partial charge in [-0.1, -0.05) is 0 Å². The Bertz CT molecular complexity index is 873. The third-order valence-electron chi connectivity index (χ3n) is 3.52. The Kier molecular flexibility index (Phi) is 3.10. The van der Waals surface area contributed by atoms with E-state index in [4.69, 9.17) is 9.84 Å². The standard InChI is InChI=1S/C13H8F3NO5/c14-7-8(15)10-6(12(19)9(7)16)11(18)5(13(20)21)1-17(10)4-2-22-3-4/h1,4,19H,2-3H2,(H,20,21). The first-order valence-corrected chi connectivity index (χ1v) is 6.09. The quantitative estimate of drug-likeness (QED) is 0.818. The molecule has 0 bridgehead atoms. The summed E-state index contributed by atoms with van der Waals surface area (Å²) in [4.78, 5) is 23.2. The number of halogens is 3. The highest BCUT2D eigenvalue weighted by molar-refractivity contribution is 5.95. The first-order valence-electron chi connectivity index (χ1n) is 6.09. The van der Waals surface area contributed by atoms with Crippen molar-refractivity contribution in [1.29, 1.82) is 0 Å². The summed E-state index contributed by atoms with van der Waals surface area (Å²) in [5, 5.41) is 17.7. The van der Waals surface area contributed by atoms with Crippen molar-refractivity contribution in [2.75, 3.05) is 13.2 Å². The average molecular weight is 315 g/mol. The number of benzene rings is 1. The number of aromatic carboxylic acids is 1. The molecule has 6 nitrogen and oxygen atoms in total. The van der Waals surface area contributed by atoms with Gasteiger partial charge in [-0.25, -0.2) is 13.6 Å². The Labute approximate surface area is 120 Å². The summed E-state index contributed by atoms with van der Waals surface area (Å²) >= 11 is 0. The van der Waals surface area contributed by atoms with Gasteiger partial charge >= 0.3 is 5.97 Å². The fourth-order valence-electron chi connectivity index (χ4n) is 2.31. The zero-order chi connectivity index (χ0) is 16.2. The van der Waals surface area contributed by atoms with Crippen LogP contribution >= 0.6 is 0 Å². The van der Waals surface area contributed by atoms with Crippen LogP contribution in [-0.4, -0.2) is 34.0 Å². The number of nitrogens with zero attached hydrogens (tertiary/aromatic N) is 1. The van der Waals surface area contributed by atoms with Crippen LogP contribution in [0.1, 0.15) is 16.4 Å². The van der Waals surface area contributed by atoms with E-state index in [1.54, 1.807) is 0 Å². The number of pyridine rings is 1. The van der Waals surface area contributed by atoms with Crippen LogP contribution in [-0.2, 0) is 4.74 Å². The van der Waals surface area contributed by atoms with Crippen LogP contribution in [0.2, 0.25) is 0 Å². The molecule has 0 amide bonds. The lowest BCUT2D eigenvalue weighted by Gasteiger charge is -2.30. The van der Waals surface area contributed by atoms with Crippen molar-refractivity contribution in [3.8, 4) is 5.75 Å². The van der Waals surface area contributed by atoms with E-state index >= 15 is 0 Å². The fraction of sp³-hybridized carbons (Fsp3) is 0.231. The molecule has 2 aromatic rings.